The zero-order chi connectivity index (χ0) is 11.9. The van der Waals surface area contributed by atoms with Crippen molar-refractivity contribution < 1.29 is 9.84 Å². The van der Waals surface area contributed by atoms with Gasteiger partial charge in [0.05, 0.1) is 6.10 Å². The lowest BCUT2D eigenvalue weighted by atomic mass is 9.54. The first-order valence-electron chi connectivity index (χ1n) is 7.24. The molecule has 1 heterocycles. The number of aliphatic hydroxyl groups excluding tert-OH is 1. The Kier molecular flexibility index (Phi) is 3.18. The standard InChI is InChI=1S/C14H25NO2/c1-10(9-16)8-15-12-11-4-7-17-13(11)14(12)5-2-3-6-14/h10-13,15-16H,2-9H2,1H3. The summed E-state index contributed by atoms with van der Waals surface area (Å²) in [6.07, 6.45) is 7.23. The van der Waals surface area contributed by atoms with Crippen LogP contribution >= 0.6 is 0 Å². The van der Waals surface area contributed by atoms with E-state index in [0.29, 0.717) is 23.5 Å². The highest BCUT2D eigenvalue weighted by Gasteiger charge is 2.64. The van der Waals surface area contributed by atoms with Gasteiger partial charge in [0.25, 0.3) is 0 Å². The van der Waals surface area contributed by atoms with Crippen molar-refractivity contribution in [2.75, 3.05) is 19.8 Å². The van der Waals surface area contributed by atoms with Crippen molar-refractivity contribution in [1.29, 1.82) is 0 Å². The zero-order valence-corrected chi connectivity index (χ0v) is 10.8. The highest BCUT2D eigenvalue weighted by molar-refractivity contribution is 5.16. The topological polar surface area (TPSA) is 41.5 Å². The van der Waals surface area contributed by atoms with Crippen LogP contribution in [-0.4, -0.2) is 37.0 Å². The average Bonchev–Trinajstić information content (AvgIpc) is 2.95. The second-order valence-corrected chi connectivity index (χ2v) is 6.36. The lowest BCUT2D eigenvalue weighted by Gasteiger charge is -2.57. The van der Waals surface area contributed by atoms with E-state index in [-0.39, 0.29) is 6.61 Å². The first kappa shape index (κ1) is 11.9. The first-order chi connectivity index (χ1) is 8.28. The molecule has 2 N–H and O–H groups in total. The van der Waals surface area contributed by atoms with E-state index < -0.39 is 0 Å². The third-order valence-corrected chi connectivity index (χ3v) is 5.28. The van der Waals surface area contributed by atoms with Crippen molar-refractivity contribution in [1.82, 2.24) is 5.32 Å². The molecule has 17 heavy (non-hydrogen) atoms. The molecule has 3 nitrogen and oxygen atoms in total. The van der Waals surface area contributed by atoms with Gasteiger partial charge in [0, 0.05) is 37.1 Å². The second kappa shape index (κ2) is 4.52. The first-order valence-corrected chi connectivity index (χ1v) is 7.24. The summed E-state index contributed by atoms with van der Waals surface area (Å²) in [5.74, 6) is 1.12. The smallest absolute Gasteiger partial charge is 0.0690 e. The third-order valence-electron chi connectivity index (χ3n) is 5.28. The maximum atomic E-state index is 9.12. The zero-order valence-electron chi connectivity index (χ0n) is 10.8. The van der Waals surface area contributed by atoms with Crippen molar-refractivity contribution in [2.24, 2.45) is 17.3 Å². The SMILES string of the molecule is CC(CO)CNC1C2CCOC2C12CCCC2. The number of fused-ring (bicyclic) bond motifs is 2. The van der Waals surface area contributed by atoms with Crippen LogP contribution in [-0.2, 0) is 4.74 Å². The molecule has 3 rings (SSSR count). The molecule has 1 spiro atoms. The van der Waals surface area contributed by atoms with Crippen LogP contribution in [0.25, 0.3) is 0 Å². The van der Waals surface area contributed by atoms with Crippen LogP contribution in [0.4, 0.5) is 0 Å². The van der Waals surface area contributed by atoms with Gasteiger partial charge in [-0.3, -0.25) is 0 Å². The molecule has 0 bridgehead atoms. The molecular formula is C14H25NO2. The molecular weight excluding hydrogens is 214 g/mol. The Bertz CT molecular complexity index is 275. The van der Waals surface area contributed by atoms with Crippen LogP contribution in [0.2, 0.25) is 0 Å². The van der Waals surface area contributed by atoms with Crippen LogP contribution in [0.3, 0.4) is 0 Å². The number of rotatable bonds is 4. The number of aliphatic hydroxyl groups is 1. The fourth-order valence-corrected chi connectivity index (χ4v) is 4.40. The van der Waals surface area contributed by atoms with Gasteiger partial charge in [0.2, 0.25) is 0 Å². The van der Waals surface area contributed by atoms with Crippen LogP contribution in [0.5, 0.6) is 0 Å². The van der Waals surface area contributed by atoms with Gasteiger partial charge in [-0.25, -0.2) is 0 Å². The van der Waals surface area contributed by atoms with E-state index >= 15 is 0 Å². The Morgan fingerprint density at radius 2 is 2.18 bits per heavy atom. The van der Waals surface area contributed by atoms with E-state index in [9.17, 15) is 0 Å². The number of nitrogens with one attached hydrogen (secondary N) is 1. The normalized spacial score (nSPS) is 40.2. The van der Waals surface area contributed by atoms with Gasteiger partial charge < -0.3 is 15.2 Å². The van der Waals surface area contributed by atoms with Gasteiger partial charge in [0.1, 0.15) is 0 Å². The second-order valence-electron chi connectivity index (χ2n) is 6.36. The van der Waals surface area contributed by atoms with Crippen molar-refractivity contribution in [3.63, 3.8) is 0 Å². The Morgan fingerprint density at radius 3 is 2.88 bits per heavy atom. The monoisotopic (exact) mass is 239 g/mol. The van der Waals surface area contributed by atoms with Gasteiger partial charge in [-0.2, -0.15) is 0 Å². The van der Waals surface area contributed by atoms with E-state index in [2.05, 4.69) is 12.2 Å². The minimum Gasteiger partial charge on any atom is -0.396 e. The largest absolute Gasteiger partial charge is 0.396 e. The fourth-order valence-electron chi connectivity index (χ4n) is 4.40. The van der Waals surface area contributed by atoms with Gasteiger partial charge in [0.15, 0.2) is 0 Å². The summed E-state index contributed by atoms with van der Waals surface area (Å²) in [7, 11) is 0. The van der Waals surface area contributed by atoms with Crippen LogP contribution in [0, 0.1) is 17.3 Å². The van der Waals surface area contributed by atoms with Crippen molar-refractivity contribution in [3.05, 3.63) is 0 Å². The van der Waals surface area contributed by atoms with Crippen molar-refractivity contribution in [3.8, 4) is 0 Å². The lowest BCUT2D eigenvalue weighted by molar-refractivity contribution is -0.131. The van der Waals surface area contributed by atoms with Crippen LogP contribution < -0.4 is 5.32 Å². The molecule has 0 aromatic rings. The quantitative estimate of drug-likeness (QED) is 0.782. The third kappa shape index (κ3) is 1.74. The summed E-state index contributed by atoms with van der Waals surface area (Å²) in [6, 6.07) is 0.659. The van der Waals surface area contributed by atoms with E-state index in [1.165, 1.54) is 32.1 Å². The Hall–Kier alpha value is -0.120. The molecule has 98 valence electrons. The highest BCUT2D eigenvalue weighted by Crippen LogP contribution is 2.60. The summed E-state index contributed by atoms with van der Waals surface area (Å²) in [6.45, 7) is 4.31. The number of hydrogen-bond acceptors (Lipinski definition) is 3. The van der Waals surface area contributed by atoms with Gasteiger partial charge >= 0.3 is 0 Å². The fraction of sp³-hybridized carbons (Fsp3) is 1.00. The summed E-state index contributed by atoms with van der Waals surface area (Å²) >= 11 is 0. The van der Waals surface area contributed by atoms with Crippen molar-refractivity contribution in [2.45, 2.75) is 51.2 Å². The Balaban J connectivity index is 1.65. The highest BCUT2D eigenvalue weighted by atomic mass is 16.5. The summed E-state index contributed by atoms with van der Waals surface area (Å²) < 4.78 is 5.96. The Morgan fingerprint density at radius 1 is 1.41 bits per heavy atom. The maximum Gasteiger partial charge on any atom is 0.0690 e. The summed E-state index contributed by atoms with van der Waals surface area (Å²) in [5.41, 5.74) is 0.455. The Labute approximate surface area is 104 Å². The predicted octanol–water partition coefficient (Wildman–Crippen LogP) is 1.55. The molecule has 2 aliphatic carbocycles. The van der Waals surface area contributed by atoms with Gasteiger partial charge in [-0.1, -0.05) is 19.8 Å². The minimum atomic E-state index is 0.289. The molecule has 1 saturated heterocycles. The molecule has 0 radical (unpaired) electrons. The minimum absolute atomic E-state index is 0.289. The predicted molar refractivity (Wildman–Crippen MR) is 66.8 cm³/mol. The molecule has 3 fully saturated rings. The summed E-state index contributed by atoms with van der Waals surface area (Å²) in [4.78, 5) is 0. The molecule has 2 saturated carbocycles. The molecule has 3 heteroatoms. The lowest BCUT2D eigenvalue weighted by Crippen LogP contribution is -2.67. The molecule has 3 aliphatic rings. The molecule has 1 aliphatic heterocycles. The van der Waals surface area contributed by atoms with E-state index in [1.807, 2.05) is 0 Å². The van der Waals surface area contributed by atoms with Crippen LogP contribution in [0.1, 0.15) is 39.0 Å². The molecule has 4 atom stereocenters. The maximum absolute atomic E-state index is 9.12. The van der Waals surface area contributed by atoms with Crippen molar-refractivity contribution >= 4 is 0 Å². The molecule has 0 amide bonds. The average molecular weight is 239 g/mol. The van der Waals surface area contributed by atoms with Gasteiger partial charge in [-0.15, -0.1) is 0 Å². The summed E-state index contributed by atoms with van der Waals surface area (Å²) in [5, 5.41) is 12.9. The van der Waals surface area contributed by atoms with Crippen LogP contribution in [0.15, 0.2) is 0 Å². The molecule has 4 unspecified atom stereocenters. The van der Waals surface area contributed by atoms with E-state index in [0.717, 1.165) is 19.1 Å². The number of hydrogen-bond donors (Lipinski definition) is 2. The molecule has 0 aromatic heterocycles. The van der Waals surface area contributed by atoms with Gasteiger partial charge in [-0.05, 0) is 25.2 Å². The number of ether oxygens (including phenoxy) is 1. The van der Waals surface area contributed by atoms with E-state index in [1.54, 1.807) is 0 Å². The van der Waals surface area contributed by atoms with E-state index in [4.69, 9.17) is 9.84 Å². The molecule has 0 aromatic carbocycles.